The molecule has 0 aromatic heterocycles. The first-order chi connectivity index (χ1) is 11.6. The van der Waals surface area contributed by atoms with Crippen LogP contribution < -0.4 is 10.2 Å². The third kappa shape index (κ3) is 3.60. The Balaban J connectivity index is 1.71. The van der Waals surface area contributed by atoms with Crippen molar-refractivity contribution in [1.29, 1.82) is 0 Å². The number of carbonyl (C=O) groups excluding carboxylic acids is 2. The van der Waals surface area contributed by atoms with E-state index in [1.165, 1.54) is 0 Å². The van der Waals surface area contributed by atoms with Gasteiger partial charge in [0.05, 0.1) is 6.42 Å². The number of hydrogen-bond acceptors (Lipinski definition) is 2. The van der Waals surface area contributed by atoms with E-state index in [0.29, 0.717) is 30.8 Å². The van der Waals surface area contributed by atoms with Crippen LogP contribution in [0.15, 0.2) is 42.5 Å². The fourth-order valence-corrected chi connectivity index (χ4v) is 3.10. The molecule has 24 heavy (non-hydrogen) atoms. The molecule has 0 radical (unpaired) electrons. The van der Waals surface area contributed by atoms with Crippen molar-refractivity contribution in [3.8, 4) is 0 Å². The standard InChI is InChI=1S/C19H19ClN2O2/c1-2-22-17-9-8-16(12-14(17)5-10-19(22)24)21-18(23)11-13-3-6-15(20)7-4-13/h3-4,6-9,12H,2,5,10-11H2,1H3,(H,21,23). The molecule has 2 amide bonds. The van der Waals surface area contributed by atoms with Gasteiger partial charge in [0, 0.05) is 29.4 Å². The first-order valence-corrected chi connectivity index (χ1v) is 8.42. The number of anilines is 2. The Morgan fingerprint density at radius 2 is 1.92 bits per heavy atom. The number of nitrogens with zero attached hydrogens (tertiary/aromatic N) is 1. The summed E-state index contributed by atoms with van der Waals surface area (Å²) in [6.07, 6.45) is 1.53. The SMILES string of the molecule is CCN1C(=O)CCc2cc(NC(=O)Cc3ccc(Cl)cc3)ccc21. The largest absolute Gasteiger partial charge is 0.326 e. The monoisotopic (exact) mass is 342 g/mol. The second-order valence-corrected chi connectivity index (χ2v) is 6.27. The van der Waals surface area contributed by atoms with Crippen LogP contribution in [-0.4, -0.2) is 18.4 Å². The Bertz CT molecular complexity index is 771. The number of amides is 2. The van der Waals surface area contributed by atoms with Gasteiger partial charge in [0.2, 0.25) is 11.8 Å². The van der Waals surface area contributed by atoms with E-state index in [4.69, 9.17) is 11.6 Å². The molecule has 1 heterocycles. The predicted molar refractivity (Wildman–Crippen MR) is 96.6 cm³/mol. The van der Waals surface area contributed by atoms with Crippen LogP contribution in [0, 0.1) is 0 Å². The zero-order valence-electron chi connectivity index (χ0n) is 13.5. The van der Waals surface area contributed by atoms with Crippen LogP contribution >= 0.6 is 11.6 Å². The molecule has 2 aromatic carbocycles. The molecular formula is C19H19ClN2O2. The third-order valence-corrected chi connectivity index (χ3v) is 4.41. The normalized spacial score (nSPS) is 13.6. The Morgan fingerprint density at radius 1 is 1.17 bits per heavy atom. The van der Waals surface area contributed by atoms with Crippen LogP contribution in [0.4, 0.5) is 11.4 Å². The van der Waals surface area contributed by atoms with Crippen molar-refractivity contribution in [2.45, 2.75) is 26.2 Å². The maximum absolute atomic E-state index is 12.2. The van der Waals surface area contributed by atoms with Gasteiger partial charge in [-0.25, -0.2) is 0 Å². The van der Waals surface area contributed by atoms with Crippen molar-refractivity contribution in [1.82, 2.24) is 0 Å². The molecule has 0 aliphatic carbocycles. The van der Waals surface area contributed by atoms with Gasteiger partial charge in [-0.15, -0.1) is 0 Å². The molecule has 1 aliphatic rings. The van der Waals surface area contributed by atoms with Crippen molar-refractivity contribution < 1.29 is 9.59 Å². The van der Waals surface area contributed by atoms with E-state index in [1.807, 2.05) is 37.3 Å². The van der Waals surface area contributed by atoms with Gasteiger partial charge in [0.25, 0.3) is 0 Å². The fraction of sp³-hybridized carbons (Fsp3) is 0.263. The highest BCUT2D eigenvalue weighted by Gasteiger charge is 2.22. The summed E-state index contributed by atoms with van der Waals surface area (Å²) in [4.78, 5) is 25.9. The zero-order chi connectivity index (χ0) is 17.1. The summed E-state index contributed by atoms with van der Waals surface area (Å²) in [5.41, 5.74) is 3.72. The average molecular weight is 343 g/mol. The lowest BCUT2D eigenvalue weighted by atomic mass is 10.0. The number of fused-ring (bicyclic) bond motifs is 1. The summed E-state index contributed by atoms with van der Waals surface area (Å²) in [5.74, 6) is 0.0843. The zero-order valence-corrected chi connectivity index (χ0v) is 14.3. The Morgan fingerprint density at radius 3 is 2.62 bits per heavy atom. The maximum atomic E-state index is 12.2. The number of halogens is 1. The Hall–Kier alpha value is -2.33. The van der Waals surface area contributed by atoms with E-state index in [-0.39, 0.29) is 11.8 Å². The van der Waals surface area contributed by atoms with E-state index in [1.54, 1.807) is 17.0 Å². The van der Waals surface area contributed by atoms with E-state index < -0.39 is 0 Å². The van der Waals surface area contributed by atoms with Gasteiger partial charge >= 0.3 is 0 Å². The van der Waals surface area contributed by atoms with Gasteiger partial charge in [0.1, 0.15) is 0 Å². The lowest BCUT2D eigenvalue weighted by Crippen LogP contribution is -2.34. The van der Waals surface area contributed by atoms with Gasteiger partial charge in [-0.1, -0.05) is 23.7 Å². The minimum absolute atomic E-state index is 0.0727. The number of nitrogens with one attached hydrogen (secondary N) is 1. The molecule has 0 atom stereocenters. The predicted octanol–water partition coefficient (Wildman–Crippen LogP) is 3.82. The molecule has 3 rings (SSSR count). The quantitative estimate of drug-likeness (QED) is 0.918. The van der Waals surface area contributed by atoms with Gasteiger partial charge in [0.15, 0.2) is 0 Å². The highest BCUT2D eigenvalue weighted by Crippen LogP contribution is 2.30. The van der Waals surface area contributed by atoms with Gasteiger partial charge in [-0.3, -0.25) is 9.59 Å². The Labute approximate surface area is 146 Å². The highest BCUT2D eigenvalue weighted by molar-refractivity contribution is 6.30. The molecule has 0 saturated heterocycles. The second kappa shape index (κ2) is 7.05. The minimum atomic E-state index is -0.0727. The number of hydrogen-bond donors (Lipinski definition) is 1. The number of carbonyl (C=O) groups is 2. The van der Waals surface area contributed by atoms with E-state index in [2.05, 4.69) is 5.32 Å². The highest BCUT2D eigenvalue weighted by atomic mass is 35.5. The summed E-state index contributed by atoms with van der Waals surface area (Å²) >= 11 is 5.85. The summed E-state index contributed by atoms with van der Waals surface area (Å²) in [7, 11) is 0. The maximum Gasteiger partial charge on any atom is 0.228 e. The lowest BCUT2D eigenvalue weighted by Gasteiger charge is -2.28. The summed E-state index contributed by atoms with van der Waals surface area (Å²) in [6.45, 7) is 2.63. The average Bonchev–Trinajstić information content (AvgIpc) is 2.57. The van der Waals surface area contributed by atoms with Gasteiger partial charge < -0.3 is 10.2 Å². The van der Waals surface area contributed by atoms with Crippen LogP contribution in [0.2, 0.25) is 5.02 Å². The van der Waals surface area contributed by atoms with Gasteiger partial charge in [-0.05, 0) is 54.8 Å². The lowest BCUT2D eigenvalue weighted by molar-refractivity contribution is -0.119. The van der Waals surface area contributed by atoms with Gasteiger partial charge in [-0.2, -0.15) is 0 Å². The summed E-state index contributed by atoms with van der Waals surface area (Å²) < 4.78 is 0. The van der Waals surface area contributed by atoms with E-state index in [9.17, 15) is 9.59 Å². The molecule has 2 aromatic rings. The summed E-state index contributed by atoms with van der Waals surface area (Å²) in [6, 6.07) is 13.0. The van der Waals surface area contributed by atoms with Crippen LogP contribution in [0.1, 0.15) is 24.5 Å². The molecule has 0 spiro atoms. The first-order valence-electron chi connectivity index (χ1n) is 8.04. The van der Waals surface area contributed by atoms with Crippen molar-refractivity contribution in [3.05, 3.63) is 58.6 Å². The van der Waals surface area contributed by atoms with E-state index in [0.717, 1.165) is 22.5 Å². The molecule has 0 fully saturated rings. The molecule has 5 heteroatoms. The topological polar surface area (TPSA) is 49.4 Å². The molecule has 124 valence electrons. The molecule has 0 saturated carbocycles. The molecule has 0 unspecified atom stereocenters. The van der Waals surface area contributed by atoms with Crippen LogP contribution in [0.5, 0.6) is 0 Å². The van der Waals surface area contributed by atoms with Crippen LogP contribution in [0.3, 0.4) is 0 Å². The number of benzene rings is 2. The van der Waals surface area contributed by atoms with Crippen LogP contribution in [-0.2, 0) is 22.4 Å². The minimum Gasteiger partial charge on any atom is -0.326 e. The molecule has 4 nitrogen and oxygen atoms in total. The van der Waals surface area contributed by atoms with Crippen LogP contribution in [0.25, 0.3) is 0 Å². The third-order valence-electron chi connectivity index (χ3n) is 4.16. The van der Waals surface area contributed by atoms with Crippen molar-refractivity contribution >= 4 is 34.8 Å². The molecule has 1 aliphatic heterocycles. The number of aryl methyl sites for hydroxylation is 1. The Kier molecular flexibility index (Phi) is 4.86. The molecule has 0 bridgehead atoms. The van der Waals surface area contributed by atoms with Crippen molar-refractivity contribution in [2.24, 2.45) is 0 Å². The van der Waals surface area contributed by atoms with Crippen molar-refractivity contribution in [3.63, 3.8) is 0 Å². The fourth-order valence-electron chi connectivity index (χ4n) is 2.98. The molecule has 1 N–H and O–H groups in total. The summed E-state index contributed by atoms with van der Waals surface area (Å²) in [5, 5.41) is 3.58. The number of rotatable bonds is 4. The first kappa shape index (κ1) is 16.5. The second-order valence-electron chi connectivity index (χ2n) is 5.83. The smallest absolute Gasteiger partial charge is 0.228 e. The van der Waals surface area contributed by atoms with E-state index >= 15 is 0 Å². The molecular weight excluding hydrogens is 324 g/mol. The van der Waals surface area contributed by atoms with Crippen molar-refractivity contribution in [2.75, 3.05) is 16.8 Å².